The lowest BCUT2D eigenvalue weighted by Gasteiger charge is -2.41. The fourth-order valence-electron chi connectivity index (χ4n) is 2.97. The SMILES string of the molecule is CCC(C)NC1(C(N)=O)CCN(Cc2ccccc2)CC1. The molecule has 2 rings (SSSR count). The maximum atomic E-state index is 11.9. The minimum atomic E-state index is -0.525. The summed E-state index contributed by atoms with van der Waals surface area (Å²) in [6.45, 7) is 6.99. The Kier molecular flexibility index (Phi) is 5.37. The molecule has 0 aromatic heterocycles. The van der Waals surface area contributed by atoms with Crippen LogP contribution in [0.3, 0.4) is 0 Å². The zero-order chi connectivity index (χ0) is 15.3. The van der Waals surface area contributed by atoms with E-state index in [-0.39, 0.29) is 5.91 Å². The van der Waals surface area contributed by atoms with E-state index in [4.69, 9.17) is 5.73 Å². The summed E-state index contributed by atoms with van der Waals surface area (Å²) < 4.78 is 0. The maximum absolute atomic E-state index is 11.9. The van der Waals surface area contributed by atoms with Crippen LogP contribution < -0.4 is 11.1 Å². The van der Waals surface area contributed by atoms with Crippen molar-refractivity contribution >= 4 is 5.91 Å². The number of benzene rings is 1. The minimum absolute atomic E-state index is 0.206. The van der Waals surface area contributed by atoms with E-state index in [1.165, 1.54) is 5.56 Å². The van der Waals surface area contributed by atoms with E-state index < -0.39 is 5.54 Å². The fourth-order valence-corrected chi connectivity index (χ4v) is 2.97. The highest BCUT2D eigenvalue weighted by Crippen LogP contribution is 2.24. The van der Waals surface area contributed by atoms with Gasteiger partial charge in [0.15, 0.2) is 0 Å². The van der Waals surface area contributed by atoms with Crippen molar-refractivity contribution in [1.29, 1.82) is 0 Å². The van der Waals surface area contributed by atoms with Crippen molar-refractivity contribution in [3.8, 4) is 0 Å². The summed E-state index contributed by atoms with van der Waals surface area (Å²) in [7, 11) is 0. The summed E-state index contributed by atoms with van der Waals surface area (Å²) in [5.41, 5.74) is 6.48. The Labute approximate surface area is 127 Å². The quantitative estimate of drug-likeness (QED) is 0.841. The molecule has 1 fully saturated rings. The Balaban J connectivity index is 1.95. The largest absolute Gasteiger partial charge is 0.368 e. The van der Waals surface area contributed by atoms with Crippen molar-refractivity contribution in [1.82, 2.24) is 10.2 Å². The molecule has 3 N–H and O–H groups in total. The van der Waals surface area contributed by atoms with Gasteiger partial charge < -0.3 is 11.1 Å². The molecule has 0 radical (unpaired) electrons. The predicted octanol–water partition coefficient (Wildman–Crippen LogP) is 1.89. The highest BCUT2D eigenvalue weighted by atomic mass is 16.1. The second-order valence-electron chi connectivity index (χ2n) is 6.16. The van der Waals surface area contributed by atoms with E-state index in [0.717, 1.165) is 38.9 Å². The lowest BCUT2D eigenvalue weighted by molar-refractivity contribution is -0.126. The van der Waals surface area contributed by atoms with Gasteiger partial charge in [0.2, 0.25) is 5.91 Å². The summed E-state index contributed by atoms with van der Waals surface area (Å²) in [4.78, 5) is 14.3. The zero-order valence-corrected chi connectivity index (χ0v) is 13.1. The molecule has 4 nitrogen and oxygen atoms in total. The fraction of sp³-hybridized carbons (Fsp3) is 0.588. The van der Waals surface area contributed by atoms with E-state index >= 15 is 0 Å². The van der Waals surface area contributed by atoms with Crippen LogP contribution in [0.25, 0.3) is 0 Å². The third-order valence-corrected chi connectivity index (χ3v) is 4.57. The minimum Gasteiger partial charge on any atom is -0.368 e. The highest BCUT2D eigenvalue weighted by molar-refractivity contribution is 5.84. The zero-order valence-electron chi connectivity index (χ0n) is 13.1. The molecule has 116 valence electrons. The number of nitrogens with one attached hydrogen (secondary N) is 1. The van der Waals surface area contributed by atoms with Gasteiger partial charge in [-0.25, -0.2) is 0 Å². The molecule has 1 aromatic carbocycles. The summed E-state index contributed by atoms with van der Waals surface area (Å²) in [5, 5.41) is 3.46. The van der Waals surface area contributed by atoms with Crippen LogP contribution in [0.2, 0.25) is 0 Å². The van der Waals surface area contributed by atoms with Crippen molar-refractivity contribution in [2.24, 2.45) is 5.73 Å². The third kappa shape index (κ3) is 4.05. The van der Waals surface area contributed by atoms with Gasteiger partial charge in [0.05, 0.1) is 0 Å². The van der Waals surface area contributed by atoms with Gasteiger partial charge in [-0.3, -0.25) is 9.69 Å². The van der Waals surface area contributed by atoms with E-state index in [2.05, 4.69) is 48.3 Å². The highest BCUT2D eigenvalue weighted by Gasteiger charge is 2.40. The lowest BCUT2D eigenvalue weighted by Crippen LogP contribution is -2.62. The first kappa shape index (κ1) is 16.0. The predicted molar refractivity (Wildman–Crippen MR) is 85.8 cm³/mol. The summed E-state index contributed by atoms with van der Waals surface area (Å²) in [5.74, 6) is -0.206. The molecule has 1 heterocycles. The smallest absolute Gasteiger partial charge is 0.237 e. The Bertz CT molecular complexity index is 452. The van der Waals surface area contributed by atoms with Gasteiger partial charge >= 0.3 is 0 Å². The Morgan fingerprint density at radius 2 is 1.95 bits per heavy atom. The molecule has 1 saturated heterocycles. The van der Waals surface area contributed by atoms with Gasteiger partial charge in [-0.05, 0) is 31.7 Å². The van der Waals surface area contributed by atoms with Crippen LogP contribution in [0, 0.1) is 0 Å². The van der Waals surface area contributed by atoms with Crippen LogP contribution in [-0.4, -0.2) is 35.5 Å². The molecule has 1 aliphatic heterocycles. The topological polar surface area (TPSA) is 58.4 Å². The monoisotopic (exact) mass is 289 g/mol. The van der Waals surface area contributed by atoms with Crippen LogP contribution in [0.1, 0.15) is 38.7 Å². The second-order valence-corrected chi connectivity index (χ2v) is 6.16. The molecule has 1 aromatic rings. The molecular formula is C17H27N3O. The van der Waals surface area contributed by atoms with Gasteiger partial charge in [-0.1, -0.05) is 37.3 Å². The summed E-state index contributed by atoms with van der Waals surface area (Å²) in [6, 6.07) is 10.8. The number of amides is 1. The Morgan fingerprint density at radius 1 is 1.33 bits per heavy atom. The van der Waals surface area contributed by atoms with Crippen molar-refractivity contribution < 1.29 is 4.79 Å². The number of nitrogens with two attached hydrogens (primary N) is 1. The number of nitrogens with zero attached hydrogens (tertiary/aromatic N) is 1. The van der Waals surface area contributed by atoms with Crippen LogP contribution in [0.4, 0.5) is 0 Å². The number of rotatable bonds is 6. The number of carbonyl (C=O) groups is 1. The maximum Gasteiger partial charge on any atom is 0.237 e. The third-order valence-electron chi connectivity index (χ3n) is 4.57. The number of hydrogen-bond acceptors (Lipinski definition) is 3. The molecule has 0 saturated carbocycles. The summed E-state index contributed by atoms with van der Waals surface area (Å²) >= 11 is 0. The van der Waals surface area contributed by atoms with Crippen molar-refractivity contribution in [3.05, 3.63) is 35.9 Å². The number of likely N-dealkylation sites (tertiary alicyclic amines) is 1. The van der Waals surface area contributed by atoms with Crippen LogP contribution >= 0.6 is 0 Å². The van der Waals surface area contributed by atoms with E-state index in [9.17, 15) is 4.79 Å². The van der Waals surface area contributed by atoms with E-state index in [1.807, 2.05) is 6.07 Å². The lowest BCUT2D eigenvalue weighted by atomic mass is 9.85. The molecule has 1 aliphatic rings. The number of hydrogen-bond donors (Lipinski definition) is 2. The van der Waals surface area contributed by atoms with Gasteiger partial charge in [0.1, 0.15) is 5.54 Å². The first-order valence-electron chi connectivity index (χ1n) is 7.89. The number of primary amides is 1. The molecule has 0 spiro atoms. The molecule has 21 heavy (non-hydrogen) atoms. The molecule has 1 amide bonds. The van der Waals surface area contributed by atoms with Crippen molar-refractivity contribution in [3.63, 3.8) is 0 Å². The summed E-state index contributed by atoms with van der Waals surface area (Å²) in [6.07, 6.45) is 2.59. The molecular weight excluding hydrogens is 262 g/mol. The van der Waals surface area contributed by atoms with Crippen LogP contribution in [0.15, 0.2) is 30.3 Å². The average Bonchev–Trinajstić information content (AvgIpc) is 2.50. The first-order chi connectivity index (χ1) is 10.1. The Morgan fingerprint density at radius 3 is 2.48 bits per heavy atom. The average molecular weight is 289 g/mol. The standard InChI is InChI=1S/C17H27N3O/c1-3-14(2)19-17(16(18)21)9-11-20(12-10-17)13-15-7-5-4-6-8-15/h4-8,14,19H,3,9-13H2,1-2H3,(H2,18,21). The molecule has 1 unspecified atom stereocenters. The van der Waals surface area contributed by atoms with E-state index in [0.29, 0.717) is 6.04 Å². The molecule has 0 bridgehead atoms. The van der Waals surface area contributed by atoms with Gasteiger partial charge in [0.25, 0.3) is 0 Å². The number of carbonyl (C=O) groups excluding carboxylic acids is 1. The van der Waals surface area contributed by atoms with E-state index in [1.54, 1.807) is 0 Å². The first-order valence-corrected chi connectivity index (χ1v) is 7.89. The van der Waals surface area contributed by atoms with Crippen molar-refractivity contribution in [2.75, 3.05) is 13.1 Å². The van der Waals surface area contributed by atoms with Gasteiger partial charge in [-0.2, -0.15) is 0 Å². The number of piperidine rings is 1. The van der Waals surface area contributed by atoms with Gasteiger partial charge in [-0.15, -0.1) is 0 Å². The molecule has 1 atom stereocenters. The van der Waals surface area contributed by atoms with Crippen LogP contribution in [0.5, 0.6) is 0 Å². The molecule has 4 heteroatoms. The van der Waals surface area contributed by atoms with Gasteiger partial charge in [0, 0.05) is 25.7 Å². The second kappa shape index (κ2) is 7.05. The normalized spacial score (nSPS) is 20.1. The van der Waals surface area contributed by atoms with Crippen molar-refractivity contribution in [2.45, 2.75) is 51.2 Å². The van der Waals surface area contributed by atoms with Crippen LogP contribution in [-0.2, 0) is 11.3 Å². The molecule has 0 aliphatic carbocycles. The Hall–Kier alpha value is -1.39.